The molecule has 0 atom stereocenters. The number of amides is 1. The molecule has 0 spiro atoms. The van der Waals surface area contributed by atoms with Gasteiger partial charge in [0.25, 0.3) is 5.91 Å². The number of hydrogen-bond acceptors (Lipinski definition) is 5. The number of aryl methyl sites for hydroxylation is 1. The van der Waals surface area contributed by atoms with Crippen LogP contribution in [0.4, 0.5) is 5.69 Å². The van der Waals surface area contributed by atoms with Crippen molar-refractivity contribution in [3.05, 3.63) is 65.6 Å². The largest absolute Gasteiger partial charge is 0.497 e. The molecule has 1 aliphatic heterocycles. The summed E-state index contributed by atoms with van der Waals surface area (Å²) in [5, 5.41) is 4.69. The Balaban J connectivity index is 1.47. The summed E-state index contributed by atoms with van der Waals surface area (Å²) in [5.41, 5.74) is 3.86. The van der Waals surface area contributed by atoms with Crippen molar-refractivity contribution in [1.82, 2.24) is 19.7 Å². The molecule has 0 aliphatic carbocycles. The monoisotopic (exact) mass is 391 g/mol. The fourth-order valence-corrected chi connectivity index (χ4v) is 3.84. The van der Waals surface area contributed by atoms with Crippen LogP contribution in [0.25, 0.3) is 5.82 Å². The molecule has 3 aromatic rings. The maximum Gasteiger partial charge on any atom is 0.253 e. The Morgan fingerprint density at radius 2 is 1.72 bits per heavy atom. The Bertz CT molecular complexity index is 990. The minimum Gasteiger partial charge on any atom is -0.497 e. The Labute approximate surface area is 170 Å². The van der Waals surface area contributed by atoms with Crippen molar-refractivity contribution in [3.63, 3.8) is 0 Å². The van der Waals surface area contributed by atoms with E-state index in [4.69, 9.17) is 9.84 Å². The zero-order valence-electron chi connectivity index (χ0n) is 17.0. The van der Waals surface area contributed by atoms with E-state index in [9.17, 15) is 4.79 Å². The average molecular weight is 391 g/mol. The van der Waals surface area contributed by atoms with Crippen LogP contribution in [0.3, 0.4) is 0 Å². The van der Waals surface area contributed by atoms with Crippen LogP contribution in [0.2, 0.25) is 0 Å². The lowest BCUT2D eigenvalue weighted by molar-refractivity contribution is 0.0746. The molecule has 150 valence electrons. The number of anilines is 1. The van der Waals surface area contributed by atoms with Gasteiger partial charge in [-0.25, -0.2) is 9.67 Å². The standard InChI is InChI=1S/C22H25N5O2/c1-16-21(17(2)27(24-16)20-6-4-5-11-23-20)25-12-14-26(15-13-25)22(28)18-7-9-19(29-3)10-8-18/h4-11H,12-15H2,1-3H3. The first kappa shape index (κ1) is 19.0. The van der Waals surface area contributed by atoms with Gasteiger partial charge < -0.3 is 14.5 Å². The van der Waals surface area contributed by atoms with E-state index in [1.807, 2.05) is 59.0 Å². The number of carbonyl (C=O) groups excluding carboxylic acids is 1. The van der Waals surface area contributed by atoms with E-state index in [2.05, 4.69) is 16.8 Å². The van der Waals surface area contributed by atoms with Gasteiger partial charge in [-0.1, -0.05) is 6.07 Å². The lowest BCUT2D eigenvalue weighted by atomic mass is 10.1. The summed E-state index contributed by atoms with van der Waals surface area (Å²) in [6.07, 6.45) is 1.77. The fraction of sp³-hybridized carbons (Fsp3) is 0.318. The fourth-order valence-electron chi connectivity index (χ4n) is 3.84. The molecular formula is C22H25N5O2. The van der Waals surface area contributed by atoms with Crippen LogP contribution in [-0.4, -0.2) is 58.9 Å². The molecule has 7 nitrogen and oxygen atoms in total. The molecule has 7 heteroatoms. The van der Waals surface area contributed by atoms with Crippen molar-refractivity contribution in [2.24, 2.45) is 0 Å². The van der Waals surface area contributed by atoms with Crippen molar-refractivity contribution in [2.45, 2.75) is 13.8 Å². The van der Waals surface area contributed by atoms with E-state index in [1.165, 1.54) is 0 Å². The molecule has 1 saturated heterocycles. The lowest BCUT2D eigenvalue weighted by Crippen LogP contribution is -2.49. The molecule has 0 radical (unpaired) electrons. The first-order valence-corrected chi connectivity index (χ1v) is 9.74. The number of piperazine rings is 1. The third kappa shape index (κ3) is 3.68. The third-order valence-electron chi connectivity index (χ3n) is 5.34. The summed E-state index contributed by atoms with van der Waals surface area (Å²) in [5.74, 6) is 1.62. The van der Waals surface area contributed by atoms with Gasteiger partial charge in [0, 0.05) is 37.9 Å². The second-order valence-electron chi connectivity index (χ2n) is 7.13. The van der Waals surface area contributed by atoms with Crippen molar-refractivity contribution in [2.75, 3.05) is 38.2 Å². The predicted molar refractivity (Wildman–Crippen MR) is 112 cm³/mol. The molecule has 1 aromatic carbocycles. The van der Waals surface area contributed by atoms with E-state index < -0.39 is 0 Å². The van der Waals surface area contributed by atoms with Gasteiger partial charge in [-0.05, 0) is 50.2 Å². The predicted octanol–water partition coefficient (Wildman–Crippen LogP) is 2.86. The molecule has 1 amide bonds. The summed E-state index contributed by atoms with van der Waals surface area (Å²) >= 11 is 0. The van der Waals surface area contributed by atoms with Crippen LogP contribution >= 0.6 is 0 Å². The number of carbonyl (C=O) groups is 1. The smallest absolute Gasteiger partial charge is 0.253 e. The first-order chi connectivity index (χ1) is 14.1. The zero-order valence-corrected chi connectivity index (χ0v) is 17.0. The number of pyridine rings is 1. The SMILES string of the molecule is COc1ccc(C(=O)N2CCN(c3c(C)nn(-c4ccccn4)c3C)CC2)cc1. The van der Waals surface area contributed by atoms with Crippen LogP contribution in [0.5, 0.6) is 5.75 Å². The molecule has 0 saturated carbocycles. The first-order valence-electron chi connectivity index (χ1n) is 9.74. The highest BCUT2D eigenvalue weighted by atomic mass is 16.5. The van der Waals surface area contributed by atoms with Crippen molar-refractivity contribution in [1.29, 1.82) is 0 Å². The van der Waals surface area contributed by atoms with Crippen LogP contribution in [0.1, 0.15) is 21.7 Å². The maximum atomic E-state index is 12.8. The van der Waals surface area contributed by atoms with Crippen LogP contribution in [-0.2, 0) is 0 Å². The van der Waals surface area contributed by atoms with Crippen LogP contribution in [0.15, 0.2) is 48.7 Å². The summed E-state index contributed by atoms with van der Waals surface area (Å²) < 4.78 is 7.06. The molecule has 3 heterocycles. The topological polar surface area (TPSA) is 63.5 Å². The van der Waals surface area contributed by atoms with Crippen molar-refractivity contribution in [3.8, 4) is 11.6 Å². The second kappa shape index (κ2) is 7.95. The molecule has 0 N–H and O–H groups in total. The van der Waals surface area contributed by atoms with Crippen LogP contribution in [0, 0.1) is 13.8 Å². The number of hydrogen-bond donors (Lipinski definition) is 0. The number of rotatable bonds is 4. The average Bonchev–Trinajstić information content (AvgIpc) is 3.08. The third-order valence-corrected chi connectivity index (χ3v) is 5.34. The van der Waals surface area contributed by atoms with Gasteiger partial charge in [-0.2, -0.15) is 5.10 Å². The van der Waals surface area contributed by atoms with Gasteiger partial charge in [0.2, 0.25) is 0 Å². The quantitative estimate of drug-likeness (QED) is 0.684. The molecule has 2 aromatic heterocycles. The maximum absolute atomic E-state index is 12.8. The summed E-state index contributed by atoms with van der Waals surface area (Å²) in [7, 11) is 1.62. The molecule has 0 bridgehead atoms. The van der Waals surface area contributed by atoms with E-state index >= 15 is 0 Å². The van der Waals surface area contributed by atoms with E-state index in [-0.39, 0.29) is 5.91 Å². The number of methoxy groups -OCH3 is 1. The van der Waals surface area contributed by atoms with Crippen LogP contribution < -0.4 is 9.64 Å². The van der Waals surface area contributed by atoms with E-state index in [0.29, 0.717) is 18.7 Å². The van der Waals surface area contributed by atoms with Crippen molar-refractivity contribution >= 4 is 11.6 Å². The van der Waals surface area contributed by atoms with Gasteiger partial charge in [0.1, 0.15) is 5.75 Å². The molecule has 0 unspecified atom stereocenters. The summed E-state index contributed by atoms with van der Waals surface area (Å²) in [6.45, 7) is 7.00. The van der Waals surface area contributed by atoms with Gasteiger partial charge >= 0.3 is 0 Å². The normalized spacial score (nSPS) is 14.2. The molecule has 1 aliphatic rings. The Hall–Kier alpha value is -3.35. The highest BCUT2D eigenvalue weighted by molar-refractivity contribution is 5.94. The Morgan fingerprint density at radius 3 is 2.34 bits per heavy atom. The molecular weight excluding hydrogens is 366 g/mol. The molecule has 1 fully saturated rings. The summed E-state index contributed by atoms with van der Waals surface area (Å²) in [6, 6.07) is 13.1. The highest BCUT2D eigenvalue weighted by Crippen LogP contribution is 2.27. The van der Waals surface area contributed by atoms with Gasteiger partial charge in [-0.3, -0.25) is 4.79 Å². The van der Waals surface area contributed by atoms with E-state index in [0.717, 1.165) is 41.7 Å². The number of ether oxygens (including phenoxy) is 1. The summed E-state index contributed by atoms with van der Waals surface area (Å²) in [4.78, 5) is 21.4. The van der Waals surface area contributed by atoms with E-state index in [1.54, 1.807) is 13.3 Å². The van der Waals surface area contributed by atoms with Crippen molar-refractivity contribution < 1.29 is 9.53 Å². The number of nitrogens with zero attached hydrogens (tertiary/aromatic N) is 5. The van der Waals surface area contributed by atoms with Gasteiger partial charge in [0.15, 0.2) is 5.82 Å². The molecule has 29 heavy (non-hydrogen) atoms. The van der Waals surface area contributed by atoms with Gasteiger partial charge in [0.05, 0.1) is 24.2 Å². The zero-order chi connectivity index (χ0) is 20.4. The second-order valence-corrected chi connectivity index (χ2v) is 7.13. The number of aromatic nitrogens is 3. The highest BCUT2D eigenvalue weighted by Gasteiger charge is 2.26. The molecule has 4 rings (SSSR count). The lowest BCUT2D eigenvalue weighted by Gasteiger charge is -2.36. The minimum atomic E-state index is 0.0601. The number of benzene rings is 1. The minimum absolute atomic E-state index is 0.0601. The Kier molecular flexibility index (Phi) is 5.20. The Morgan fingerprint density at radius 1 is 1.00 bits per heavy atom. The van der Waals surface area contributed by atoms with Gasteiger partial charge in [-0.15, -0.1) is 0 Å².